The summed E-state index contributed by atoms with van der Waals surface area (Å²) in [6, 6.07) is 52.8. The number of aromatic nitrogens is 2. The van der Waals surface area contributed by atoms with Gasteiger partial charge in [0.05, 0.1) is 27.5 Å². The fourth-order valence-corrected chi connectivity index (χ4v) is 8.83. The standard InChI is InChI=1S/C42H24N2OS.C3H6.C2H4/c1-5-13-34-27(9-1)28-10-2-6-14-35(28)43(34)26-17-19-32-37(24-26)44(25-18-22-40-33(23-25)30-12-4-8-16-39(30)46-40)36-21-20-31-29-11-3-7-15-38(29)45-42(31)41(32)36;1-3-2;1-2/h1-24H;3H,1H2,2H3;1-2H2. The van der Waals surface area contributed by atoms with Gasteiger partial charge in [-0.1, -0.05) is 78.9 Å². The Morgan fingerprint density at radius 3 is 1.78 bits per heavy atom. The van der Waals surface area contributed by atoms with Crippen molar-refractivity contribution in [3.63, 3.8) is 0 Å². The number of hydrogen-bond acceptors (Lipinski definition) is 2. The minimum absolute atomic E-state index is 0.916. The van der Waals surface area contributed by atoms with E-state index >= 15 is 0 Å². The maximum Gasteiger partial charge on any atom is 0.145 e. The third-order valence-electron chi connectivity index (χ3n) is 9.71. The molecule has 11 aromatic rings. The molecule has 7 aromatic carbocycles. The van der Waals surface area contributed by atoms with Crippen molar-refractivity contribution in [3.8, 4) is 11.4 Å². The Kier molecular flexibility index (Phi) is 7.34. The van der Waals surface area contributed by atoms with Crippen molar-refractivity contribution >= 4 is 97.1 Å². The molecule has 0 atom stereocenters. The van der Waals surface area contributed by atoms with E-state index in [1.54, 1.807) is 6.08 Å². The summed E-state index contributed by atoms with van der Waals surface area (Å²) < 4.78 is 14.1. The Hall–Kier alpha value is -6.36. The van der Waals surface area contributed by atoms with Crippen LogP contribution in [0, 0.1) is 0 Å². The topological polar surface area (TPSA) is 23.0 Å². The molecular formula is C47H34N2OS. The van der Waals surface area contributed by atoms with Crippen LogP contribution < -0.4 is 0 Å². The van der Waals surface area contributed by atoms with Crippen LogP contribution in [0.2, 0.25) is 0 Å². The summed E-state index contributed by atoms with van der Waals surface area (Å²) in [4.78, 5) is 0. The van der Waals surface area contributed by atoms with Crippen LogP contribution in [-0.4, -0.2) is 9.13 Å². The summed E-state index contributed by atoms with van der Waals surface area (Å²) in [5, 5.41) is 9.73. The van der Waals surface area contributed by atoms with Gasteiger partial charge in [-0.3, -0.25) is 0 Å². The fraction of sp³-hybridized carbons (Fsp3) is 0.0213. The molecule has 0 spiro atoms. The molecule has 0 aliphatic carbocycles. The summed E-state index contributed by atoms with van der Waals surface area (Å²) in [6.45, 7) is 11.2. The number of thiophene rings is 1. The molecule has 0 aliphatic rings. The zero-order chi connectivity index (χ0) is 34.6. The number of allylic oxidation sites excluding steroid dienone is 1. The molecule has 11 rings (SSSR count). The van der Waals surface area contributed by atoms with Crippen molar-refractivity contribution in [2.45, 2.75) is 6.92 Å². The van der Waals surface area contributed by atoms with Gasteiger partial charge in [0, 0.05) is 58.5 Å². The SMILES string of the molecule is C=C.C=CC.c1ccc2c(c1)oc1c2ccc2c1c1ccc(-n3c4ccccc4c4ccccc43)cc1n2-c1ccc2sc3ccccc3c2c1. The van der Waals surface area contributed by atoms with E-state index in [0.29, 0.717) is 0 Å². The minimum atomic E-state index is 0.916. The number of rotatable bonds is 2. The van der Waals surface area contributed by atoms with Crippen LogP contribution in [0.5, 0.6) is 0 Å². The van der Waals surface area contributed by atoms with Gasteiger partial charge >= 0.3 is 0 Å². The van der Waals surface area contributed by atoms with E-state index in [2.05, 4.69) is 168 Å². The summed E-state index contributed by atoms with van der Waals surface area (Å²) >= 11 is 1.85. The quantitative estimate of drug-likeness (QED) is 0.167. The highest BCUT2D eigenvalue weighted by Gasteiger charge is 2.21. The predicted octanol–water partition coefficient (Wildman–Crippen LogP) is 14.1. The van der Waals surface area contributed by atoms with Gasteiger partial charge in [0.25, 0.3) is 0 Å². The van der Waals surface area contributed by atoms with E-state index in [1.165, 1.54) is 47.4 Å². The molecule has 4 aromatic heterocycles. The molecule has 0 aliphatic heterocycles. The Morgan fingerprint density at radius 2 is 1.04 bits per heavy atom. The molecule has 244 valence electrons. The summed E-state index contributed by atoms with van der Waals surface area (Å²) in [6.07, 6.45) is 1.75. The Labute approximate surface area is 299 Å². The smallest absolute Gasteiger partial charge is 0.145 e. The second-order valence-corrected chi connectivity index (χ2v) is 13.6. The number of para-hydroxylation sites is 3. The fourth-order valence-electron chi connectivity index (χ4n) is 7.74. The van der Waals surface area contributed by atoms with Crippen molar-refractivity contribution in [1.29, 1.82) is 0 Å². The minimum Gasteiger partial charge on any atom is -0.455 e. The van der Waals surface area contributed by atoms with Crippen LogP contribution in [0.15, 0.2) is 176 Å². The van der Waals surface area contributed by atoms with E-state index in [-0.39, 0.29) is 0 Å². The normalized spacial score (nSPS) is 11.5. The Morgan fingerprint density at radius 1 is 0.490 bits per heavy atom. The monoisotopic (exact) mass is 674 g/mol. The lowest BCUT2D eigenvalue weighted by Crippen LogP contribution is -1.97. The van der Waals surface area contributed by atoms with Crippen LogP contribution >= 0.6 is 11.3 Å². The Bertz CT molecular complexity index is 3060. The first kappa shape index (κ1) is 30.7. The molecule has 0 saturated carbocycles. The molecule has 0 amide bonds. The molecule has 0 fully saturated rings. The molecule has 0 N–H and O–H groups in total. The molecule has 0 radical (unpaired) electrons. The second kappa shape index (κ2) is 12.2. The number of hydrogen-bond donors (Lipinski definition) is 0. The van der Waals surface area contributed by atoms with Gasteiger partial charge in [-0.2, -0.15) is 0 Å². The highest BCUT2D eigenvalue weighted by molar-refractivity contribution is 7.25. The molecule has 4 heterocycles. The van der Waals surface area contributed by atoms with Gasteiger partial charge in [-0.15, -0.1) is 31.1 Å². The first-order valence-electron chi connectivity index (χ1n) is 17.1. The predicted molar refractivity (Wildman–Crippen MR) is 222 cm³/mol. The van der Waals surface area contributed by atoms with E-state index in [1.807, 2.05) is 24.3 Å². The van der Waals surface area contributed by atoms with E-state index in [0.717, 1.165) is 49.7 Å². The van der Waals surface area contributed by atoms with Gasteiger partial charge in [0.2, 0.25) is 0 Å². The lowest BCUT2D eigenvalue weighted by atomic mass is 10.1. The lowest BCUT2D eigenvalue weighted by molar-refractivity contribution is 0.673. The molecule has 0 saturated heterocycles. The molecular weight excluding hydrogens is 641 g/mol. The molecule has 0 bridgehead atoms. The third-order valence-corrected chi connectivity index (χ3v) is 10.9. The summed E-state index contributed by atoms with van der Waals surface area (Å²) in [5.41, 5.74) is 8.84. The van der Waals surface area contributed by atoms with Crippen molar-refractivity contribution in [2.24, 2.45) is 0 Å². The van der Waals surface area contributed by atoms with Crippen LogP contribution in [0.4, 0.5) is 0 Å². The average Bonchev–Trinajstić information content (AvgIpc) is 3.93. The van der Waals surface area contributed by atoms with E-state index < -0.39 is 0 Å². The van der Waals surface area contributed by atoms with Crippen LogP contribution in [0.3, 0.4) is 0 Å². The van der Waals surface area contributed by atoms with Gasteiger partial charge in [0.15, 0.2) is 0 Å². The maximum atomic E-state index is 6.64. The maximum absolute atomic E-state index is 6.64. The van der Waals surface area contributed by atoms with Crippen molar-refractivity contribution < 1.29 is 4.42 Å². The molecule has 3 nitrogen and oxygen atoms in total. The highest BCUT2D eigenvalue weighted by Crippen LogP contribution is 2.43. The Balaban J connectivity index is 0.000000664. The summed E-state index contributed by atoms with van der Waals surface area (Å²) in [5.74, 6) is 0. The van der Waals surface area contributed by atoms with Crippen LogP contribution in [-0.2, 0) is 0 Å². The molecule has 4 heteroatoms. The second-order valence-electron chi connectivity index (χ2n) is 12.5. The van der Waals surface area contributed by atoms with Gasteiger partial charge in [-0.05, 0) is 79.7 Å². The van der Waals surface area contributed by atoms with Crippen LogP contribution in [0.1, 0.15) is 6.92 Å². The highest BCUT2D eigenvalue weighted by atomic mass is 32.1. The third kappa shape index (κ3) is 4.57. The average molecular weight is 675 g/mol. The van der Waals surface area contributed by atoms with Gasteiger partial charge in [-0.25, -0.2) is 0 Å². The van der Waals surface area contributed by atoms with Gasteiger partial charge < -0.3 is 13.6 Å². The van der Waals surface area contributed by atoms with Crippen LogP contribution in [0.25, 0.3) is 97.1 Å². The first-order chi connectivity index (χ1) is 25.2. The molecule has 0 unspecified atom stereocenters. The van der Waals surface area contributed by atoms with Crippen molar-refractivity contribution in [1.82, 2.24) is 9.13 Å². The largest absolute Gasteiger partial charge is 0.455 e. The van der Waals surface area contributed by atoms with Crippen molar-refractivity contribution in [2.75, 3.05) is 0 Å². The summed E-state index contributed by atoms with van der Waals surface area (Å²) in [7, 11) is 0. The number of fused-ring (bicyclic) bond motifs is 13. The van der Waals surface area contributed by atoms with Gasteiger partial charge in [0.1, 0.15) is 11.2 Å². The number of benzene rings is 7. The number of nitrogens with zero attached hydrogens (tertiary/aromatic N) is 2. The van der Waals surface area contributed by atoms with E-state index in [4.69, 9.17) is 4.42 Å². The lowest BCUT2D eigenvalue weighted by Gasteiger charge is -2.11. The zero-order valence-electron chi connectivity index (χ0n) is 28.3. The van der Waals surface area contributed by atoms with Crippen molar-refractivity contribution in [3.05, 3.63) is 171 Å². The molecule has 51 heavy (non-hydrogen) atoms. The van der Waals surface area contributed by atoms with E-state index in [9.17, 15) is 0 Å². The first-order valence-corrected chi connectivity index (χ1v) is 17.9. The number of furan rings is 1. The zero-order valence-corrected chi connectivity index (χ0v) is 29.1.